The quantitative estimate of drug-likeness (QED) is 0.713. The van der Waals surface area contributed by atoms with E-state index >= 15 is 0 Å². The third-order valence-corrected chi connectivity index (χ3v) is 2.33. The molecule has 0 aliphatic carbocycles. The van der Waals surface area contributed by atoms with Crippen LogP contribution in [0.4, 0.5) is 0 Å². The fourth-order valence-corrected chi connectivity index (χ4v) is 1.50. The summed E-state index contributed by atoms with van der Waals surface area (Å²) in [5, 5.41) is 0. The minimum absolute atomic E-state index is 0.203. The maximum atomic E-state index is 11.5. The molecule has 3 heteroatoms. The highest BCUT2D eigenvalue weighted by Crippen LogP contribution is 2.22. The van der Waals surface area contributed by atoms with Gasteiger partial charge in [-0.25, -0.2) is 0 Å². The lowest BCUT2D eigenvalue weighted by atomic mass is 9.87. The number of esters is 1. The predicted octanol–water partition coefficient (Wildman–Crippen LogP) is 2.13. The van der Waals surface area contributed by atoms with Crippen molar-refractivity contribution in [1.82, 2.24) is 4.98 Å². The van der Waals surface area contributed by atoms with Crippen LogP contribution in [-0.4, -0.2) is 18.1 Å². The van der Waals surface area contributed by atoms with E-state index in [2.05, 4.69) is 4.98 Å². The van der Waals surface area contributed by atoms with Gasteiger partial charge < -0.3 is 4.74 Å². The molecule has 0 bridgehead atoms. The first-order valence-electron chi connectivity index (χ1n) is 4.95. The van der Waals surface area contributed by atoms with E-state index in [9.17, 15) is 4.79 Å². The molecule has 1 aromatic rings. The highest BCUT2D eigenvalue weighted by Gasteiger charge is 2.29. The SMILES string of the molecule is COC(=O)C(C)(C)Cc1cc(C)ccn1. The first-order chi connectivity index (χ1) is 6.95. The Balaban J connectivity index is 2.81. The summed E-state index contributed by atoms with van der Waals surface area (Å²) in [4.78, 5) is 15.7. The molecule has 0 atom stereocenters. The summed E-state index contributed by atoms with van der Waals surface area (Å²) in [6.45, 7) is 5.74. The summed E-state index contributed by atoms with van der Waals surface area (Å²) in [7, 11) is 1.41. The minimum atomic E-state index is -0.518. The van der Waals surface area contributed by atoms with Gasteiger partial charge in [0.15, 0.2) is 0 Å². The van der Waals surface area contributed by atoms with Gasteiger partial charge in [-0.3, -0.25) is 9.78 Å². The fourth-order valence-electron chi connectivity index (χ4n) is 1.50. The number of pyridine rings is 1. The molecule has 0 aromatic carbocycles. The number of ether oxygens (including phenoxy) is 1. The Morgan fingerprint density at radius 2 is 2.20 bits per heavy atom. The van der Waals surface area contributed by atoms with E-state index in [4.69, 9.17) is 4.74 Å². The van der Waals surface area contributed by atoms with Gasteiger partial charge in [0, 0.05) is 18.3 Å². The van der Waals surface area contributed by atoms with Crippen molar-refractivity contribution in [2.24, 2.45) is 5.41 Å². The Morgan fingerprint density at radius 1 is 1.53 bits per heavy atom. The number of aryl methyl sites for hydroxylation is 1. The molecule has 1 aromatic heterocycles. The van der Waals surface area contributed by atoms with Crippen molar-refractivity contribution >= 4 is 5.97 Å². The van der Waals surface area contributed by atoms with Gasteiger partial charge in [-0.15, -0.1) is 0 Å². The minimum Gasteiger partial charge on any atom is -0.469 e. The zero-order chi connectivity index (χ0) is 11.5. The number of rotatable bonds is 3. The predicted molar refractivity (Wildman–Crippen MR) is 58.5 cm³/mol. The molecule has 0 amide bonds. The van der Waals surface area contributed by atoms with Crippen LogP contribution in [0, 0.1) is 12.3 Å². The van der Waals surface area contributed by atoms with Crippen LogP contribution in [0.5, 0.6) is 0 Å². The number of aromatic nitrogens is 1. The highest BCUT2D eigenvalue weighted by atomic mass is 16.5. The van der Waals surface area contributed by atoms with Crippen LogP contribution in [-0.2, 0) is 16.0 Å². The van der Waals surface area contributed by atoms with E-state index in [-0.39, 0.29) is 5.97 Å². The van der Waals surface area contributed by atoms with Crippen LogP contribution in [0.15, 0.2) is 18.3 Å². The fraction of sp³-hybridized carbons (Fsp3) is 0.500. The van der Waals surface area contributed by atoms with Crippen LogP contribution < -0.4 is 0 Å². The first kappa shape index (κ1) is 11.7. The van der Waals surface area contributed by atoms with Gasteiger partial charge >= 0.3 is 5.97 Å². The van der Waals surface area contributed by atoms with Crippen molar-refractivity contribution in [3.05, 3.63) is 29.6 Å². The Morgan fingerprint density at radius 3 is 2.73 bits per heavy atom. The maximum Gasteiger partial charge on any atom is 0.311 e. The summed E-state index contributed by atoms with van der Waals surface area (Å²) < 4.78 is 4.75. The van der Waals surface area contributed by atoms with Crippen molar-refractivity contribution in [1.29, 1.82) is 0 Å². The third kappa shape index (κ3) is 3.05. The van der Waals surface area contributed by atoms with Gasteiger partial charge in [0.2, 0.25) is 0 Å². The molecule has 0 aliphatic rings. The molecule has 1 rings (SSSR count). The van der Waals surface area contributed by atoms with E-state index in [1.165, 1.54) is 7.11 Å². The number of carbonyl (C=O) groups excluding carboxylic acids is 1. The molecule has 0 radical (unpaired) electrons. The lowest BCUT2D eigenvalue weighted by molar-refractivity contribution is -0.150. The van der Waals surface area contributed by atoms with Crippen molar-refractivity contribution < 1.29 is 9.53 Å². The number of carbonyl (C=O) groups is 1. The van der Waals surface area contributed by atoms with E-state index in [1.807, 2.05) is 32.9 Å². The van der Waals surface area contributed by atoms with Crippen LogP contribution >= 0.6 is 0 Å². The molecule has 82 valence electrons. The maximum absolute atomic E-state index is 11.5. The van der Waals surface area contributed by atoms with E-state index in [0.717, 1.165) is 11.3 Å². The molecule has 0 N–H and O–H groups in total. The second kappa shape index (κ2) is 4.43. The standard InChI is InChI=1S/C12H17NO2/c1-9-5-6-13-10(7-9)8-12(2,3)11(14)15-4/h5-7H,8H2,1-4H3. The number of hydrogen-bond acceptors (Lipinski definition) is 3. The summed E-state index contributed by atoms with van der Waals surface area (Å²) >= 11 is 0. The lowest BCUT2D eigenvalue weighted by Gasteiger charge is -2.20. The first-order valence-corrected chi connectivity index (χ1v) is 4.95. The van der Waals surface area contributed by atoms with Crippen LogP contribution in [0.3, 0.4) is 0 Å². The summed E-state index contributed by atoms with van der Waals surface area (Å²) in [5.41, 5.74) is 1.56. The Kier molecular flexibility index (Phi) is 3.45. The monoisotopic (exact) mass is 207 g/mol. The molecule has 15 heavy (non-hydrogen) atoms. The van der Waals surface area contributed by atoms with Gasteiger partial charge in [0.1, 0.15) is 0 Å². The van der Waals surface area contributed by atoms with Gasteiger partial charge in [0.25, 0.3) is 0 Å². The molecule has 0 spiro atoms. The average molecular weight is 207 g/mol. The van der Waals surface area contributed by atoms with Gasteiger partial charge in [-0.2, -0.15) is 0 Å². The van der Waals surface area contributed by atoms with E-state index < -0.39 is 5.41 Å². The topological polar surface area (TPSA) is 39.2 Å². The average Bonchev–Trinajstić information content (AvgIpc) is 2.15. The molecule has 1 heterocycles. The molecule has 0 saturated carbocycles. The second-order valence-electron chi connectivity index (χ2n) is 4.38. The van der Waals surface area contributed by atoms with Gasteiger partial charge in [-0.05, 0) is 38.5 Å². The van der Waals surface area contributed by atoms with Gasteiger partial charge in [0.05, 0.1) is 12.5 Å². The molecule has 0 unspecified atom stereocenters. The summed E-state index contributed by atoms with van der Waals surface area (Å²) in [5.74, 6) is -0.203. The van der Waals surface area contributed by atoms with E-state index in [1.54, 1.807) is 6.20 Å². The van der Waals surface area contributed by atoms with Crippen LogP contribution in [0.1, 0.15) is 25.1 Å². The smallest absolute Gasteiger partial charge is 0.311 e. The Labute approximate surface area is 90.5 Å². The van der Waals surface area contributed by atoms with Crippen LogP contribution in [0.2, 0.25) is 0 Å². The number of hydrogen-bond donors (Lipinski definition) is 0. The van der Waals surface area contributed by atoms with Crippen molar-refractivity contribution in [3.8, 4) is 0 Å². The van der Waals surface area contributed by atoms with Crippen molar-refractivity contribution in [3.63, 3.8) is 0 Å². The molecular formula is C12H17NO2. The molecule has 0 aliphatic heterocycles. The molecule has 0 saturated heterocycles. The molecule has 0 fully saturated rings. The zero-order valence-corrected chi connectivity index (χ0v) is 9.70. The lowest BCUT2D eigenvalue weighted by Crippen LogP contribution is -2.28. The third-order valence-electron chi connectivity index (χ3n) is 2.33. The molecule has 3 nitrogen and oxygen atoms in total. The van der Waals surface area contributed by atoms with Gasteiger partial charge in [-0.1, -0.05) is 0 Å². The van der Waals surface area contributed by atoms with Crippen molar-refractivity contribution in [2.45, 2.75) is 27.2 Å². The number of methoxy groups -OCH3 is 1. The van der Waals surface area contributed by atoms with Crippen molar-refractivity contribution in [2.75, 3.05) is 7.11 Å². The normalized spacial score (nSPS) is 11.2. The molecular weight excluding hydrogens is 190 g/mol. The summed E-state index contributed by atoms with van der Waals surface area (Å²) in [6, 6.07) is 3.93. The largest absolute Gasteiger partial charge is 0.469 e. The summed E-state index contributed by atoms with van der Waals surface area (Å²) in [6.07, 6.45) is 2.36. The van der Waals surface area contributed by atoms with E-state index in [0.29, 0.717) is 6.42 Å². The van der Waals surface area contributed by atoms with Crippen LogP contribution in [0.25, 0.3) is 0 Å². The Hall–Kier alpha value is -1.38. The number of nitrogens with zero attached hydrogens (tertiary/aromatic N) is 1. The second-order valence-corrected chi connectivity index (χ2v) is 4.38. The zero-order valence-electron chi connectivity index (χ0n) is 9.70. The highest BCUT2D eigenvalue weighted by molar-refractivity contribution is 5.76. The Bertz CT molecular complexity index is 358.